The molecule has 1 heterocycles. The minimum atomic E-state index is -0.188. The molecular weight excluding hydrogens is 342 g/mol. The number of aromatic nitrogens is 1. The predicted molar refractivity (Wildman–Crippen MR) is 101 cm³/mol. The number of pyridine rings is 1. The van der Waals surface area contributed by atoms with Gasteiger partial charge in [-0.1, -0.05) is 12.1 Å². The molecule has 0 aliphatic heterocycles. The lowest BCUT2D eigenvalue weighted by Crippen LogP contribution is -2.23. The van der Waals surface area contributed by atoms with Crippen LogP contribution < -0.4 is 15.4 Å². The molecule has 0 atom stereocenters. The van der Waals surface area contributed by atoms with E-state index in [1.54, 1.807) is 30.5 Å². The number of carbonyl (C=O) groups excluding carboxylic acids is 2. The van der Waals surface area contributed by atoms with Crippen molar-refractivity contribution in [1.82, 2.24) is 10.3 Å². The van der Waals surface area contributed by atoms with Gasteiger partial charge >= 0.3 is 0 Å². The minimum Gasteiger partial charge on any atom is -0.477 e. The molecule has 2 aromatic rings. The van der Waals surface area contributed by atoms with Crippen molar-refractivity contribution in [2.45, 2.75) is 32.2 Å². The lowest BCUT2D eigenvalue weighted by molar-refractivity contribution is -0.117. The maximum Gasteiger partial charge on any atom is 0.251 e. The van der Waals surface area contributed by atoms with E-state index in [0.29, 0.717) is 29.6 Å². The van der Waals surface area contributed by atoms with Gasteiger partial charge in [-0.05, 0) is 55.4 Å². The Balaban J connectivity index is 1.28. The Bertz CT molecular complexity index is 827. The number of ether oxygens (including phenoxy) is 1. The Morgan fingerprint density at radius 1 is 1.11 bits per heavy atom. The number of nitrogens with zero attached hydrogens (tertiary/aromatic N) is 1. The molecule has 0 spiro atoms. The smallest absolute Gasteiger partial charge is 0.251 e. The number of anilines is 1. The largest absolute Gasteiger partial charge is 0.477 e. The lowest BCUT2D eigenvalue weighted by atomic mass is 10.1. The van der Waals surface area contributed by atoms with Gasteiger partial charge in [0.15, 0.2) is 0 Å². The van der Waals surface area contributed by atoms with Gasteiger partial charge < -0.3 is 15.4 Å². The van der Waals surface area contributed by atoms with Crippen molar-refractivity contribution in [3.63, 3.8) is 0 Å². The van der Waals surface area contributed by atoms with Crippen LogP contribution in [-0.2, 0) is 11.3 Å². The summed E-state index contributed by atoms with van der Waals surface area (Å²) in [6, 6.07) is 10.7. The molecule has 2 fully saturated rings. The van der Waals surface area contributed by atoms with E-state index in [1.165, 1.54) is 12.8 Å². The molecule has 0 saturated heterocycles. The van der Waals surface area contributed by atoms with Crippen molar-refractivity contribution in [1.29, 1.82) is 0 Å². The second kappa shape index (κ2) is 7.78. The van der Waals surface area contributed by atoms with E-state index < -0.39 is 0 Å². The summed E-state index contributed by atoms with van der Waals surface area (Å²) in [5.41, 5.74) is 2.07. The maximum absolute atomic E-state index is 12.4. The van der Waals surface area contributed by atoms with Crippen LogP contribution in [0.15, 0.2) is 42.6 Å². The molecule has 0 bridgehead atoms. The van der Waals surface area contributed by atoms with E-state index in [1.807, 2.05) is 12.1 Å². The van der Waals surface area contributed by atoms with E-state index >= 15 is 0 Å². The predicted octanol–water partition coefficient (Wildman–Crippen LogP) is 3.15. The quantitative estimate of drug-likeness (QED) is 0.753. The molecule has 2 aliphatic carbocycles. The zero-order chi connectivity index (χ0) is 18.6. The molecule has 0 radical (unpaired) electrons. The first-order valence-corrected chi connectivity index (χ1v) is 9.44. The van der Waals surface area contributed by atoms with Crippen LogP contribution in [0.3, 0.4) is 0 Å². The standard InChI is InChI=1S/C21H23N3O3/c25-20(17-2-1-3-18(10-17)24-21(26)16-7-8-16)23-12-15-6-9-19(22-11-15)27-13-14-4-5-14/h1-3,6,9-11,14,16H,4-5,7-8,12-13H2,(H,23,25)(H,24,26). The molecule has 6 heteroatoms. The second-order valence-corrected chi connectivity index (χ2v) is 7.29. The number of hydrogen-bond acceptors (Lipinski definition) is 4. The Morgan fingerprint density at radius 3 is 2.67 bits per heavy atom. The summed E-state index contributed by atoms with van der Waals surface area (Å²) >= 11 is 0. The molecule has 4 rings (SSSR count). The van der Waals surface area contributed by atoms with Gasteiger partial charge in [0.2, 0.25) is 11.8 Å². The van der Waals surface area contributed by atoms with Gasteiger partial charge in [0.25, 0.3) is 5.91 Å². The SMILES string of the molecule is O=C(NCc1ccc(OCC2CC2)nc1)c1cccc(NC(=O)C2CC2)c1. The van der Waals surface area contributed by atoms with Crippen molar-refractivity contribution in [2.24, 2.45) is 11.8 Å². The fourth-order valence-corrected chi connectivity index (χ4v) is 2.70. The minimum absolute atomic E-state index is 0.0302. The molecule has 140 valence electrons. The highest BCUT2D eigenvalue weighted by molar-refractivity contribution is 5.98. The topological polar surface area (TPSA) is 80.3 Å². The average Bonchev–Trinajstić information content (AvgIpc) is 3.58. The third-order valence-electron chi connectivity index (χ3n) is 4.75. The van der Waals surface area contributed by atoms with E-state index in [-0.39, 0.29) is 17.7 Å². The fourth-order valence-electron chi connectivity index (χ4n) is 2.70. The molecular formula is C21H23N3O3. The molecule has 1 aromatic carbocycles. The molecule has 2 saturated carbocycles. The third-order valence-corrected chi connectivity index (χ3v) is 4.75. The molecule has 6 nitrogen and oxygen atoms in total. The Labute approximate surface area is 158 Å². The highest BCUT2D eigenvalue weighted by Crippen LogP contribution is 2.30. The van der Waals surface area contributed by atoms with Gasteiger partial charge in [0, 0.05) is 36.0 Å². The first kappa shape index (κ1) is 17.5. The van der Waals surface area contributed by atoms with Crippen molar-refractivity contribution >= 4 is 17.5 Å². The van der Waals surface area contributed by atoms with Crippen LogP contribution in [0.5, 0.6) is 5.88 Å². The number of amides is 2. The summed E-state index contributed by atoms with van der Waals surface area (Å²) in [6.45, 7) is 1.12. The van der Waals surface area contributed by atoms with Crippen LogP contribution in [-0.4, -0.2) is 23.4 Å². The van der Waals surface area contributed by atoms with Gasteiger partial charge in [-0.15, -0.1) is 0 Å². The Morgan fingerprint density at radius 2 is 1.96 bits per heavy atom. The van der Waals surface area contributed by atoms with Crippen LogP contribution in [0.1, 0.15) is 41.6 Å². The zero-order valence-electron chi connectivity index (χ0n) is 15.1. The number of hydrogen-bond donors (Lipinski definition) is 2. The number of benzene rings is 1. The molecule has 2 amide bonds. The van der Waals surface area contributed by atoms with Gasteiger partial charge in [0.05, 0.1) is 6.61 Å². The summed E-state index contributed by atoms with van der Waals surface area (Å²) < 4.78 is 5.61. The van der Waals surface area contributed by atoms with Crippen LogP contribution >= 0.6 is 0 Å². The van der Waals surface area contributed by atoms with E-state index in [0.717, 1.165) is 25.0 Å². The van der Waals surface area contributed by atoms with Crippen molar-refractivity contribution in [3.8, 4) is 5.88 Å². The molecule has 0 unspecified atom stereocenters. The van der Waals surface area contributed by atoms with Crippen molar-refractivity contribution in [3.05, 3.63) is 53.7 Å². The van der Waals surface area contributed by atoms with Crippen LogP contribution in [0.2, 0.25) is 0 Å². The summed E-state index contributed by atoms with van der Waals surface area (Å²) in [7, 11) is 0. The first-order valence-electron chi connectivity index (χ1n) is 9.44. The summed E-state index contributed by atoms with van der Waals surface area (Å²) in [4.78, 5) is 28.5. The Hall–Kier alpha value is -2.89. The van der Waals surface area contributed by atoms with E-state index in [4.69, 9.17) is 4.74 Å². The molecule has 2 N–H and O–H groups in total. The second-order valence-electron chi connectivity index (χ2n) is 7.29. The fraction of sp³-hybridized carbons (Fsp3) is 0.381. The maximum atomic E-state index is 12.4. The van der Waals surface area contributed by atoms with E-state index in [9.17, 15) is 9.59 Å². The van der Waals surface area contributed by atoms with Crippen LogP contribution in [0.4, 0.5) is 5.69 Å². The third kappa shape index (κ3) is 5.06. The molecule has 27 heavy (non-hydrogen) atoms. The monoisotopic (exact) mass is 365 g/mol. The average molecular weight is 365 g/mol. The molecule has 1 aromatic heterocycles. The summed E-state index contributed by atoms with van der Waals surface area (Å²) in [5, 5.41) is 5.74. The van der Waals surface area contributed by atoms with Crippen LogP contribution in [0, 0.1) is 11.8 Å². The Kier molecular flexibility index (Phi) is 5.05. The van der Waals surface area contributed by atoms with Gasteiger partial charge in [-0.3, -0.25) is 9.59 Å². The van der Waals surface area contributed by atoms with E-state index in [2.05, 4.69) is 15.6 Å². The van der Waals surface area contributed by atoms with Crippen molar-refractivity contribution < 1.29 is 14.3 Å². The molecule has 2 aliphatic rings. The number of rotatable bonds is 8. The summed E-state index contributed by atoms with van der Waals surface area (Å²) in [5.74, 6) is 1.28. The van der Waals surface area contributed by atoms with Gasteiger partial charge in [-0.2, -0.15) is 0 Å². The number of carbonyl (C=O) groups is 2. The van der Waals surface area contributed by atoms with Crippen molar-refractivity contribution in [2.75, 3.05) is 11.9 Å². The lowest BCUT2D eigenvalue weighted by Gasteiger charge is -2.09. The summed E-state index contributed by atoms with van der Waals surface area (Å²) in [6.07, 6.45) is 6.11. The normalized spacial score (nSPS) is 15.9. The highest BCUT2D eigenvalue weighted by Gasteiger charge is 2.29. The van der Waals surface area contributed by atoms with Crippen LogP contribution in [0.25, 0.3) is 0 Å². The highest BCUT2D eigenvalue weighted by atomic mass is 16.5. The zero-order valence-corrected chi connectivity index (χ0v) is 15.1. The first-order chi connectivity index (χ1) is 13.2. The van der Waals surface area contributed by atoms with Gasteiger partial charge in [0.1, 0.15) is 0 Å². The van der Waals surface area contributed by atoms with Gasteiger partial charge in [-0.25, -0.2) is 4.98 Å². The number of nitrogens with one attached hydrogen (secondary N) is 2.